The highest BCUT2D eigenvalue weighted by molar-refractivity contribution is 6.31. The van der Waals surface area contributed by atoms with E-state index in [1.54, 1.807) is 13.8 Å². The zero-order valence-corrected chi connectivity index (χ0v) is 10.7. The molecule has 0 fully saturated rings. The van der Waals surface area contributed by atoms with E-state index < -0.39 is 12.3 Å². The molecule has 0 heterocycles. The Morgan fingerprint density at radius 1 is 1.56 bits per heavy atom. The largest absolute Gasteiger partial charge is 0.478 e. The zero-order valence-electron chi connectivity index (χ0n) is 9.97. The van der Waals surface area contributed by atoms with Gasteiger partial charge in [0.15, 0.2) is 6.29 Å². The minimum absolute atomic E-state index is 0.0422. The van der Waals surface area contributed by atoms with Gasteiger partial charge in [0.05, 0.1) is 0 Å². The van der Waals surface area contributed by atoms with E-state index in [1.807, 2.05) is 0 Å². The number of carbonyl (C=O) groups excluding carboxylic acids is 1. The maximum atomic E-state index is 11.1. The first-order chi connectivity index (χ1) is 8.51. The van der Waals surface area contributed by atoms with Crippen LogP contribution in [0.3, 0.4) is 0 Å². The van der Waals surface area contributed by atoms with Gasteiger partial charge in [-0.2, -0.15) is 0 Å². The van der Waals surface area contributed by atoms with E-state index in [-0.39, 0.29) is 17.9 Å². The molecule has 0 aliphatic carbocycles. The lowest BCUT2D eigenvalue weighted by Gasteiger charge is -2.17. The summed E-state index contributed by atoms with van der Waals surface area (Å²) in [5.74, 6) is -1.12. The third-order valence-corrected chi connectivity index (χ3v) is 2.66. The predicted octanol–water partition coefficient (Wildman–Crippen LogP) is 2.29. The highest BCUT2D eigenvalue weighted by Crippen LogP contribution is 2.30. The van der Waals surface area contributed by atoms with Crippen LogP contribution >= 0.6 is 11.6 Å². The molecule has 0 aliphatic heterocycles. The minimum atomic E-state index is -1.16. The third-order valence-electron chi connectivity index (χ3n) is 2.25. The second-order valence-corrected chi connectivity index (χ2v) is 3.84. The quantitative estimate of drug-likeness (QED) is 0.635. The van der Waals surface area contributed by atoms with Gasteiger partial charge in [-0.15, -0.1) is 0 Å². The molecule has 1 rings (SSSR count). The van der Waals surface area contributed by atoms with Crippen molar-refractivity contribution in [3.8, 4) is 5.75 Å². The highest BCUT2D eigenvalue weighted by Gasteiger charge is 2.19. The second kappa shape index (κ2) is 6.37. The first kappa shape index (κ1) is 14.5. The van der Waals surface area contributed by atoms with E-state index in [2.05, 4.69) is 0 Å². The van der Waals surface area contributed by atoms with Crippen molar-refractivity contribution in [1.82, 2.24) is 0 Å². The van der Waals surface area contributed by atoms with E-state index in [1.165, 1.54) is 12.1 Å². The van der Waals surface area contributed by atoms with Crippen LogP contribution in [-0.4, -0.2) is 30.3 Å². The zero-order chi connectivity index (χ0) is 13.7. The molecule has 1 aromatic carbocycles. The number of carbonyl (C=O) groups is 2. The van der Waals surface area contributed by atoms with Crippen molar-refractivity contribution in [1.29, 1.82) is 0 Å². The molecule has 0 saturated heterocycles. The van der Waals surface area contributed by atoms with Crippen molar-refractivity contribution < 1.29 is 24.2 Å². The molecule has 6 heteroatoms. The fourth-order valence-electron chi connectivity index (χ4n) is 1.37. The summed E-state index contributed by atoms with van der Waals surface area (Å²) in [6.45, 7) is 3.58. The van der Waals surface area contributed by atoms with E-state index in [0.29, 0.717) is 16.9 Å². The minimum Gasteiger partial charge on any atom is -0.478 e. The lowest BCUT2D eigenvalue weighted by Crippen LogP contribution is -2.23. The molecule has 0 bridgehead atoms. The Balaban J connectivity index is 3.15. The number of rotatable bonds is 6. The van der Waals surface area contributed by atoms with Crippen LogP contribution in [0.25, 0.3) is 0 Å². The second-order valence-electron chi connectivity index (χ2n) is 3.43. The molecule has 98 valence electrons. The van der Waals surface area contributed by atoms with Crippen molar-refractivity contribution in [3.63, 3.8) is 0 Å². The van der Waals surface area contributed by atoms with Crippen LogP contribution in [0.2, 0.25) is 5.02 Å². The van der Waals surface area contributed by atoms with Gasteiger partial charge < -0.3 is 14.6 Å². The molecule has 1 atom stereocenters. The number of benzene rings is 1. The Morgan fingerprint density at radius 2 is 2.22 bits per heavy atom. The van der Waals surface area contributed by atoms with Gasteiger partial charge in [0, 0.05) is 17.2 Å². The van der Waals surface area contributed by atoms with Gasteiger partial charge >= 0.3 is 5.97 Å². The third kappa shape index (κ3) is 3.21. The van der Waals surface area contributed by atoms with Gasteiger partial charge in [-0.05, 0) is 26.0 Å². The fourth-order valence-corrected chi connectivity index (χ4v) is 1.52. The number of carboxylic acids is 1. The predicted molar refractivity (Wildman–Crippen MR) is 65.3 cm³/mol. The Bertz CT molecular complexity index is 458. The summed E-state index contributed by atoms with van der Waals surface area (Å²) in [7, 11) is 0. The van der Waals surface area contributed by atoms with Crippen LogP contribution in [-0.2, 0) is 9.53 Å². The lowest BCUT2D eigenvalue weighted by molar-refractivity contribution is -0.136. The molecule has 0 radical (unpaired) electrons. The molecule has 0 amide bonds. The summed E-state index contributed by atoms with van der Waals surface area (Å²) in [6.07, 6.45) is -0.694. The maximum absolute atomic E-state index is 11.1. The Morgan fingerprint density at radius 3 is 2.72 bits per heavy atom. The summed E-state index contributed by atoms with van der Waals surface area (Å²) in [5, 5.41) is 9.40. The lowest BCUT2D eigenvalue weighted by atomic mass is 10.1. The molecule has 0 spiro atoms. The Hall–Kier alpha value is -1.59. The summed E-state index contributed by atoms with van der Waals surface area (Å²) in [6, 6.07) is 2.78. The Labute approximate surface area is 109 Å². The molecule has 5 nitrogen and oxygen atoms in total. The summed E-state index contributed by atoms with van der Waals surface area (Å²) < 4.78 is 10.3. The molecule has 0 aromatic heterocycles. The fraction of sp³-hybridized carbons (Fsp3) is 0.333. The number of halogens is 1. The number of ether oxygens (including phenoxy) is 2. The van der Waals surface area contributed by atoms with Crippen molar-refractivity contribution in [2.45, 2.75) is 20.1 Å². The van der Waals surface area contributed by atoms with Crippen LogP contribution in [0.1, 0.15) is 22.8 Å². The monoisotopic (exact) mass is 272 g/mol. The van der Waals surface area contributed by atoms with Gasteiger partial charge in [0.2, 0.25) is 0 Å². The SMILES string of the molecule is CCOC(C=O)Oc1c(C(=O)O)ccc(Cl)c1C. The van der Waals surface area contributed by atoms with Crippen molar-refractivity contribution in [2.24, 2.45) is 0 Å². The smallest absolute Gasteiger partial charge is 0.339 e. The van der Waals surface area contributed by atoms with Crippen molar-refractivity contribution >= 4 is 23.9 Å². The molecule has 0 aliphatic rings. The average Bonchev–Trinajstić information content (AvgIpc) is 2.33. The van der Waals surface area contributed by atoms with E-state index >= 15 is 0 Å². The van der Waals surface area contributed by atoms with Crippen molar-refractivity contribution in [2.75, 3.05) is 6.61 Å². The normalized spacial score (nSPS) is 11.9. The van der Waals surface area contributed by atoms with Gasteiger partial charge in [0.25, 0.3) is 6.29 Å². The number of aromatic carboxylic acids is 1. The first-order valence-electron chi connectivity index (χ1n) is 5.27. The molecule has 1 unspecified atom stereocenters. The molecule has 0 saturated carbocycles. The van der Waals surface area contributed by atoms with Gasteiger partial charge in [-0.1, -0.05) is 11.6 Å². The summed E-state index contributed by atoms with van der Waals surface area (Å²) in [5.41, 5.74) is 0.381. The molecule has 18 heavy (non-hydrogen) atoms. The highest BCUT2D eigenvalue weighted by atomic mass is 35.5. The number of hydrogen-bond acceptors (Lipinski definition) is 4. The number of hydrogen-bond donors (Lipinski definition) is 1. The topological polar surface area (TPSA) is 72.8 Å². The number of carboxylic acid groups (broad SMARTS) is 1. The van der Waals surface area contributed by atoms with E-state index in [0.717, 1.165) is 0 Å². The number of aldehydes is 1. The van der Waals surface area contributed by atoms with Crippen LogP contribution in [0, 0.1) is 6.92 Å². The maximum Gasteiger partial charge on any atom is 0.339 e. The summed E-state index contributed by atoms with van der Waals surface area (Å²) in [4.78, 5) is 21.8. The standard InChI is InChI=1S/C12H13ClO5/c1-3-17-10(6-14)18-11-7(2)9(13)5-4-8(11)12(15)16/h4-6,10H,3H2,1-2H3,(H,15,16). The van der Waals surface area contributed by atoms with Crippen LogP contribution in [0.15, 0.2) is 12.1 Å². The van der Waals surface area contributed by atoms with Gasteiger partial charge in [-0.25, -0.2) is 4.79 Å². The molecule has 1 aromatic rings. The first-order valence-corrected chi connectivity index (χ1v) is 5.65. The van der Waals surface area contributed by atoms with Crippen LogP contribution < -0.4 is 4.74 Å². The average molecular weight is 273 g/mol. The van der Waals surface area contributed by atoms with Gasteiger partial charge in [-0.3, -0.25) is 4.79 Å². The molecular formula is C12H13ClO5. The Kier molecular flexibility index (Phi) is 5.12. The molecular weight excluding hydrogens is 260 g/mol. The van der Waals surface area contributed by atoms with E-state index in [9.17, 15) is 9.59 Å². The van der Waals surface area contributed by atoms with Crippen molar-refractivity contribution in [3.05, 3.63) is 28.3 Å². The summed E-state index contributed by atoms with van der Waals surface area (Å²) >= 11 is 5.89. The van der Waals surface area contributed by atoms with E-state index in [4.69, 9.17) is 26.2 Å². The van der Waals surface area contributed by atoms with Gasteiger partial charge in [0.1, 0.15) is 11.3 Å². The van der Waals surface area contributed by atoms with Crippen LogP contribution in [0.4, 0.5) is 0 Å². The van der Waals surface area contributed by atoms with Crippen LogP contribution in [0.5, 0.6) is 5.75 Å². The molecule has 1 N–H and O–H groups in total.